The second kappa shape index (κ2) is 7.81. The van der Waals surface area contributed by atoms with Gasteiger partial charge in [-0.05, 0) is 24.0 Å². The Labute approximate surface area is 114 Å². The molecule has 19 heavy (non-hydrogen) atoms. The number of aliphatic hydroxyl groups is 1. The van der Waals surface area contributed by atoms with Crippen molar-refractivity contribution in [2.75, 3.05) is 20.3 Å². The minimum absolute atomic E-state index is 0.174. The first-order chi connectivity index (χ1) is 9.12. The van der Waals surface area contributed by atoms with E-state index in [4.69, 9.17) is 9.84 Å². The maximum atomic E-state index is 9.97. The minimum Gasteiger partial charge on any atom is -0.504 e. The summed E-state index contributed by atoms with van der Waals surface area (Å²) < 4.78 is 5.17. The van der Waals surface area contributed by atoms with Crippen LogP contribution in [0.25, 0.3) is 0 Å². The van der Waals surface area contributed by atoms with Crippen LogP contribution in [-0.2, 0) is 13.0 Å². The van der Waals surface area contributed by atoms with Crippen LogP contribution in [-0.4, -0.2) is 30.5 Å². The highest BCUT2D eigenvalue weighted by Crippen LogP contribution is 2.31. The van der Waals surface area contributed by atoms with Crippen LogP contribution in [0.4, 0.5) is 0 Å². The number of hydrogen-bond donors (Lipinski definition) is 3. The van der Waals surface area contributed by atoms with Gasteiger partial charge in [-0.15, -0.1) is 6.58 Å². The quantitative estimate of drug-likeness (QED) is 0.628. The standard InChI is InChI=1S/C15H23NO3/c1-4-5-13-6-12(7-14(19-3)15(13)18)9-16-8-11(2)10-17/h4,6-7,11,16-18H,1,5,8-10H2,2-3H3. The second-order valence-corrected chi connectivity index (χ2v) is 4.72. The number of ether oxygens (including phenoxy) is 1. The van der Waals surface area contributed by atoms with E-state index in [0.717, 1.165) is 17.7 Å². The number of rotatable bonds is 8. The van der Waals surface area contributed by atoms with Gasteiger partial charge in [0.2, 0.25) is 0 Å². The lowest BCUT2D eigenvalue weighted by atomic mass is 10.1. The van der Waals surface area contributed by atoms with Crippen molar-refractivity contribution in [1.82, 2.24) is 5.32 Å². The van der Waals surface area contributed by atoms with Gasteiger partial charge in [0.25, 0.3) is 0 Å². The molecule has 1 atom stereocenters. The van der Waals surface area contributed by atoms with Gasteiger partial charge in [0.05, 0.1) is 7.11 Å². The van der Waals surface area contributed by atoms with Gasteiger partial charge in [-0.25, -0.2) is 0 Å². The number of nitrogens with one attached hydrogen (secondary N) is 1. The van der Waals surface area contributed by atoms with Gasteiger partial charge >= 0.3 is 0 Å². The van der Waals surface area contributed by atoms with E-state index < -0.39 is 0 Å². The zero-order valence-electron chi connectivity index (χ0n) is 11.6. The van der Waals surface area contributed by atoms with Crippen molar-refractivity contribution in [2.45, 2.75) is 19.9 Å². The molecular formula is C15H23NO3. The Morgan fingerprint density at radius 3 is 2.79 bits per heavy atom. The molecule has 0 aliphatic carbocycles. The van der Waals surface area contributed by atoms with Crippen molar-refractivity contribution in [1.29, 1.82) is 0 Å². The number of phenols is 1. The third-order valence-electron chi connectivity index (χ3n) is 2.93. The van der Waals surface area contributed by atoms with Crippen molar-refractivity contribution in [2.24, 2.45) is 5.92 Å². The lowest BCUT2D eigenvalue weighted by Gasteiger charge is -2.13. The molecular weight excluding hydrogens is 242 g/mol. The lowest BCUT2D eigenvalue weighted by molar-refractivity contribution is 0.233. The molecule has 0 saturated carbocycles. The van der Waals surface area contributed by atoms with Crippen molar-refractivity contribution >= 4 is 0 Å². The number of allylic oxidation sites excluding steroid dienone is 1. The predicted molar refractivity (Wildman–Crippen MR) is 76.5 cm³/mol. The normalized spacial score (nSPS) is 12.2. The van der Waals surface area contributed by atoms with Gasteiger partial charge in [-0.1, -0.05) is 19.1 Å². The molecule has 106 valence electrons. The zero-order chi connectivity index (χ0) is 14.3. The average molecular weight is 265 g/mol. The van der Waals surface area contributed by atoms with E-state index >= 15 is 0 Å². The summed E-state index contributed by atoms with van der Waals surface area (Å²) in [6.45, 7) is 7.26. The zero-order valence-corrected chi connectivity index (χ0v) is 11.6. The summed E-state index contributed by atoms with van der Waals surface area (Å²) in [6, 6.07) is 3.76. The summed E-state index contributed by atoms with van der Waals surface area (Å²) >= 11 is 0. The lowest BCUT2D eigenvalue weighted by Crippen LogP contribution is -2.22. The maximum absolute atomic E-state index is 9.97. The Bertz CT molecular complexity index is 418. The summed E-state index contributed by atoms with van der Waals surface area (Å²) in [7, 11) is 1.54. The van der Waals surface area contributed by atoms with E-state index in [2.05, 4.69) is 11.9 Å². The Balaban J connectivity index is 2.77. The molecule has 0 amide bonds. The first-order valence-corrected chi connectivity index (χ1v) is 6.43. The molecule has 0 aromatic heterocycles. The fraction of sp³-hybridized carbons (Fsp3) is 0.467. The number of aliphatic hydroxyl groups excluding tert-OH is 1. The molecule has 3 N–H and O–H groups in total. The maximum Gasteiger partial charge on any atom is 0.161 e. The number of methoxy groups -OCH3 is 1. The molecule has 1 rings (SSSR count). The molecule has 4 heteroatoms. The van der Waals surface area contributed by atoms with Gasteiger partial charge in [0, 0.05) is 25.3 Å². The van der Waals surface area contributed by atoms with Crippen molar-refractivity contribution < 1.29 is 14.9 Å². The van der Waals surface area contributed by atoms with E-state index in [9.17, 15) is 5.11 Å². The third-order valence-corrected chi connectivity index (χ3v) is 2.93. The summed E-state index contributed by atoms with van der Waals surface area (Å²) in [5, 5.41) is 22.2. The van der Waals surface area contributed by atoms with Crippen molar-refractivity contribution in [3.8, 4) is 11.5 Å². The van der Waals surface area contributed by atoms with Crippen molar-refractivity contribution in [3.63, 3.8) is 0 Å². The number of benzene rings is 1. The Morgan fingerprint density at radius 2 is 2.21 bits per heavy atom. The summed E-state index contributed by atoms with van der Waals surface area (Å²) in [5.74, 6) is 0.882. The van der Waals surface area contributed by atoms with E-state index in [1.165, 1.54) is 7.11 Å². The first-order valence-electron chi connectivity index (χ1n) is 6.43. The molecule has 0 fully saturated rings. The van der Waals surface area contributed by atoms with E-state index in [1.54, 1.807) is 6.08 Å². The molecule has 0 bridgehead atoms. The molecule has 1 aromatic carbocycles. The van der Waals surface area contributed by atoms with Crippen LogP contribution in [0.3, 0.4) is 0 Å². The minimum atomic E-state index is 0.174. The summed E-state index contributed by atoms with van der Waals surface area (Å²) in [5.41, 5.74) is 1.85. The highest BCUT2D eigenvalue weighted by molar-refractivity contribution is 5.49. The predicted octanol–water partition coefficient (Wildman–Crippen LogP) is 1.85. The Morgan fingerprint density at radius 1 is 1.47 bits per heavy atom. The Kier molecular flexibility index (Phi) is 6.39. The molecule has 1 unspecified atom stereocenters. The van der Waals surface area contributed by atoms with Gasteiger partial charge in [0.15, 0.2) is 11.5 Å². The van der Waals surface area contributed by atoms with E-state index in [-0.39, 0.29) is 18.3 Å². The van der Waals surface area contributed by atoms with Gasteiger partial charge in [-0.3, -0.25) is 0 Å². The highest BCUT2D eigenvalue weighted by Gasteiger charge is 2.09. The van der Waals surface area contributed by atoms with Crippen LogP contribution in [0.5, 0.6) is 11.5 Å². The van der Waals surface area contributed by atoms with E-state index in [0.29, 0.717) is 18.7 Å². The number of hydrogen-bond acceptors (Lipinski definition) is 4. The van der Waals surface area contributed by atoms with Crippen LogP contribution in [0.1, 0.15) is 18.1 Å². The second-order valence-electron chi connectivity index (χ2n) is 4.72. The molecule has 1 aromatic rings. The van der Waals surface area contributed by atoms with Gasteiger partial charge < -0.3 is 20.3 Å². The largest absolute Gasteiger partial charge is 0.504 e. The molecule has 0 spiro atoms. The molecule has 0 aliphatic heterocycles. The smallest absolute Gasteiger partial charge is 0.161 e. The molecule has 4 nitrogen and oxygen atoms in total. The van der Waals surface area contributed by atoms with Gasteiger partial charge in [0.1, 0.15) is 0 Å². The fourth-order valence-electron chi connectivity index (χ4n) is 1.83. The van der Waals surface area contributed by atoms with E-state index in [1.807, 2.05) is 19.1 Å². The number of phenolic OH excluding ortho intramolecular Hbond substituents is 1. The third kappa shape index (κ3) is 4.58. The van der Waals surface area contributed by atoms with Crippen LogP contribution in [0.2, 0.25) is 0 Å². The highest BCUT2D eigenvalue weighted by atomic mass is 16.5. The molecule has 0 radical (unpaired) electrons. The first kappa shape index (κ1) is 15.5. The van der Waals surface area contributed by atoms with Crippen LogP contribution in [0, 0.1) is 5.92 Å². The van der Waals surface area contributed by atoms with Gasteiger partial charge in [-0.2, -0.15) is 0 Å². The van der Waals surface area contributed by atoms with Crippen LogP contribution < -0.4 is 10.1 Å². The summed E-state index contributed by atoms with van der Waals surface area (Å²) in [6.07, 6.45) is 2.35. The molecule has 0 saturated heterocycles. The van der Waals surface area contributed by atoms with Crippen LogP contribution in [0.15, 0.2) is 24.8 Å². The van der Waals surface area contributed by atoms with Crippen LogP contribution >= 0.6 is 0 Å². The topological polar surface area (TPSA) is 61.7 Å². The fourth-order valence-corrected chi connectivity index (χ4v) is 1.83. The Hall–Kier alpha value is -1.52. The van der Waals surface area contributed by atoms with Crippen molar-refractivity contribution in [3.05, 3.63) is 35.9 Å². The SMILES string of the molecule is C=CCc1cc(CNCC(C)CO)cc(OC)c1O. The summed E-state index contributed by atoms with van der Waals surface area (Å²) in [4.78, 5) is 0. The monoisotopic (exact) mass is 265 g/mol. The molecule has 0 heterocycles. The average Bonchev–Trinajstić information content (AvgIpc) is 2.42. The number of aromatic hydroxyl groups is 1. The molecule has 0 aliphatic rings.